The van der Waals surface area contributed by atoms with Crippen molar-refractivity contribution >= 4 is 23.3 Å². The second kappa shape index (κ2) is 5.80. The molecule has 0 bridgehead atoms. The van der Waals surface area contributed by atoms with E-state index in [4.69, 9.17) is 10.8 Å². The number of nitro groups is 1. The lowest BCUT2D eigenvalue weighted by molar-refractivity contribution is -0.385. The van der Waals surface area contributed by atoms with E-state index in [1.807, 2.05) is 0 Å². The van der Waals surface area contributed by atoms with E-state index in [1.165, 1.54) is 6.07 Å². The van der Waals surface area contributed by atoms with Crippen LogP contribution in [0.3, 0.4) is 0 Å². The molecule has 0 heterocycles. The molecule has 1 amide bonds. The predicted molar refractivity (Wildman–Crippen MR) is 67.0 cm³/mol. The molecule has 19 heavy (non-hydrogen) atoms. The number of hydrogen-bond acceptors (Lipinski definition) is 5. The molecule has 1 rings (SSSR count). The molecule has 0 aliphatic carbocycles. The van der Waals surface area contributed by atoms with Crippen molar-refractivity contribution < 1.29 is 19.6 Å². The Kier molecular flexibility index (Phi) is 4.41. The Bertz CT molecular complexity index is 529. The van der Waals surface area contributed by atoms with Gasteiger partial charge in [0.25, 0.3) is 5.69 Å². The van der Waals surface area contributed by atoms with E-state index in [0.29, 0.717) is 5.69 Å². The van der Waals surface area contributed by atoms with Crippen molar-refractivity contribution in [1.29, 1.82) is 0 Å². The average molecular weight is 267 g/mol. The first kappa shape index (κ1) is 14.4. The second-order valence-corrected chi connectivity index (χ2v) is 4.01. The fourth-order valence-corrected chi connectivity index (χ4v) is 1.59. The molecule has 0 saturated heterocycles. The summed E-state index contributed by atoms with van der Waals surface area (Å²) in [5.74, 6) is -1.89. The number of amides is 1. The molecule has 0 saturated carbocycles. The number of carbonyl (C=O) groups is 2. The van der Waals surface area contributed by atoms with Crippen molar-refractivity contribution in [2.45, 2.75) is 19.4 Å². The number of rotatable bonds is 6. The van der Waals surface area contributed by atoms with Crippen LogP contribution in [0, 0.1) is 10.1 Å². The number of carboxylic acid groups (broad SMARTS) is 1. The van der Waals surface area contributed by atoms with Crippen molar-refractivity contribution in [2.24, 2.45) is 5.73 Å². The summed E-state index contributed by atoms with van der Waals surface area (Å²) >= 11 is 0. The highest BCUT2D eigenvalue weighted by Crippen LogP contribution is 2.23. The summed E-state index contributed by atoms with van der Waals surface area (Å²) in [6, 6.07) is 3.32. The number of nitrogens with one attached hydrogen (secondary N) is 1. The zero-order chi connectivity index (χ0) is 14.6. The maximum atomic E-state index is 10.9. The number of benzene rings is 1. The van der Waals surface area contributed by atoms with Crippen molar-refractivity contribution in [2.75, 3.05) is 5.32 Å². The Balaban J connectivity index is 2.99. The molecule has 102 valence electrons. The smallest absolute Gasteiger partial charge is 0.342 e. The van der Waals surface area contributed by atoms with Crippen LogP contribution < -0.4 is 11.1 Å². The number of carbonyl (C=O) groups excluding carboxylic acids is 1. The van der Waals surface area contributed by atoms with E-state index >= 15 is 0 Å². The molecule has 0 fully saturated rings. The molecule has 1 aromatic rings. The fraction of sp³-hybridized carbons (Fsp3) is 0.273. The van der Waals surface area contributed by atoms with E-state index in [-0.39, 0.29) is 12.5 Å². The molecule has 1 atom stereocenters. The van der Waals surface area contributed by atoms with Crippen LogP contribution in [-0.2, 0) is 4.79 Å². The minimum Gasteiger partial charge on any atom is -0.477 e. The van der Waals surface area contributed by atoms with Gasteiger partial charge in [0.2, 0.25) is 5.91 Å². The topological polar surface area (TPSA) is 136 Å². The Morgan fingerprint density at radius 3 is 2.63 bits per heavy atom. The van der Waals surface area contributed by atoms with Crippen molar-refractivity contribution in [1.82, 2.24) is 0 Å². The first-order valence-electron chi connectivity index (χ1n) is 5.38. The second-order valence-electron chi connectivity index (χ2n) is 4.01. The number of primary amides is 1. The van der Waals surface area contributed by atoms with Gasteiger partial charge in [-0.2, -0.15) is 0 Å². The highest BCUT2D eigenvalue weighted by Gasteiger charge is 2.20. The molecule has 1 unspecified atom stereocenters. The van der Waals surface area contributed by atoms with Gasteiger partial charge in [0, 0.05) is 24.2 Å². The van der Waals surface area contributed by atoms with E-state index in [9.17, 15) is 19.7 Å². The third-order valence-corrected chi connectivity index (χ3v) is 2.34. The maximum Gasteiger partial charge on any atom is 0.342 e. The first-order valence-corrected chi connectivity index (χ1v) is 5.38. The minimum atomic E-state index is -1.39. The standard InChI is InChI=1S/C11H13N3O5/c1-6(4-10(12)15)13-7-2-3-9(14(18)19)8(5-7)11(16)17/h2-3,5-6,13H,4H2,1H3,(H2,12,15)(H,16,17). The van der Waals surface area contributed by atoms with Crippen LogP contribution in [0.5, 0.6) is 0 Å². The van der Waals surface area contributed by atoms with Gasteiger partial charge in [0.15, 0.2) is 0 Å². The normalized spacial score (nSPS) is 11.6. The molecule has 4 N–H and O–H groups in total. The quantitative estimate of drug-likeness (QED) is 0.519. The number of nitro benzene ring substituents is 1. The van der Waals surface area contributed by atoms with Crippen LogP contribution in [0.2, 0.25) is 0 Å². The van der Waals surface area contributed by atoms with Gasteiger partial charge in [0.1, 0.15) is 5.56 Å². The molecule has 8 nitrogen and oxygen atoms in total. The fourth-order valence-electron chi connectivity index (χ4n) is 1.59. The Labute approximate surface area is 108 Å². The zero-order valence-corrected chi connectivity index (χ0v) is 10.1. The summed E-state index contributed by atoms with van der Waals surface area (Å²) in [6.45, 7) is 1.69. The van der Waals surface area contributed by atoms with Crippen molar-refractivity contribution in [3.05, 3.63) is 33.9 Å². The lowest BCUT2D eigenvalue weighted by Crippen LogP contribution is -2.24. The van der Waals surface area contributed by atoms with E-state index < -0.39 is 28.1 Å². The minimum absolute atomic E-state index is 0.0688. The monoisotopic (exact) mass is 267 g/mol. The van der Waals surface area contributed by atoms with Gasteiger partial charge in [-0.1, -0.05) is 0 Å². The third-order valence-electron chi connectivity index (χ3n) is 2.34. The molecular weight excluding hydrogens is 254 g/mol. The number of nitrogens with two attached hydrogens (primary N) is 1. The van der Waals surface area contributed by atoms with E-state index in [2.05, 4.69) is 5.32 Å². The van der Waals surface area contributed by atoms with Crippen molar-refractivity contribution in [3.63, 3.8) is 0 Å². The summed E-state index contributed by atoms with van der Waals surface area (Å²) in [5.41, 5.74) is 4.50. The molecule has 0 aromatic heterocycles. The van der Waals surface area contributed by atoms with Crippen LogP contribution in [0.4, 0.5) is 11.4 Å². The Hall–Kier alpha value is -2.64. The van der Waals surface area contributed by atoms with Crippen molar-refractivity contribution in [3.8, 4) is 0 Å². The van der Waals surface area contributed by atoms with Crippen LogP contribution in [0.25, 0.3) is 0 Å². The average Bonchev–Trinajstić information content (AvgIpc) is 2.27. The Morgan fingerprint density at radius 2 is 2.16 bits per heavy atom. The van der Waals surface area contributed by atoms with Gasteiger partial charge >= 0.3 is 5.97 Å². The SMILES string of the molecule is CC(CC(N)=O)Nc1ccc([N+](=O)[O-])c(C(=O)O)c1. The zero-order valence-electron chi connectivity index (χ0n) is 10.1. The number of carboxylic acids is 1. The van der Waals surface area contributed by atoms with Gasteiger partial charge in [-0.05, 0) is 19.1 Å². The molecule has 0 spiro atoms. The molecule has 0 aliphatic heterocycles. The molecule has 0 radical (unpaired) electrons. The van der Waals surface area contributed by atoms with Gasteiger partial charge < -0.3 is 16.2 Å². The van der Waals surface area contributed by atoms with E-state index in [0.717, 1.165) is 12.1 Å². The van der Waals surface area contributed by atoms with Gasteiger partial charge in [0.05, 0.1) is 4.92 Å². The first-order chi connectivity index (χ1) is 8.81. The third kappa shape index (κ3) is 3.95. The van der Waals surface area contributed by atoms with Crippen LogP contribution in [0.1, 0.15) is 23.7 Å². The van der Waals surface area contributed by atoms with Gasteiger partial charge in [-0.15, -0.1) is 0 Å². The molecule has 1 aromatic carbocycles. The highest BCUT2D eigenvalue weighted by molar-refractivity contribution is 5.93. The summed E-state index contributed by atoms with van der Waals surface area (Å²) in [4.78, 5) is 31.6. The van der Waals surface area contributed by atoms with Crippen LogP contribution >= 0.6 is 0 Å². The lowest BCUT2D eigenvalue weighted by Gasteiger charge is -2.13. The summed E-state index contributed by atoms with van der Waals surface area (Å²) < 4.78 is 0. The number of nitrogens with zero attached hydrogens (tertiary/aromatic N) is 1. The molecular formula is C11H13N3O5. The summed E-state index contributed by atoms with van der Waals surface area (Å²) in [6.07, 6.45) is 0.0688. The summed E-state index contributed by atoms with van der Waals surface area (Å²) in [7, 11) is 0. The van der Waals surface area contributed by atoms with E-state index in [1.54, 1.807) is 6.92 Å². The number of aromatic carboxylic acids is 1. The Morgan fingerprint density at radius 1 is 1.53 bits per heavy atom. The highest BCUT2D eigenvalue weighted by atomic mass is 16.6. The van der Waals surface area contributed by atoms with Gasteiger partial charge in [-0.3, -0.25) is 14.9 Å². The maximum absolute atomic E-state index is 10.9. The molecule has 8 heteroatoms. The summed E-state index contributed by atoms with van der Waals surface area (Å²) in [5, 5.41) is 22.4. The van der Waals surface area contributed by atoms with Gasteiger partial charge in [-0.25, -0.2) is 4.79 Å². The lowest BCUT2D eigenvalue weighted by atomic mass is 10.1. The predicted octanol–water partition coefficient (Wildman–Crippen LogP) is 0.969. The molecule has 0 aliphatic rings. The van der Waals surface area contributed by atoms with Crippen LogP contribution in [0.15, 0.2) is 18.2 Å². The number of anilines is 1. The van der Waals surface area contributed by atoms with Crippen LogP contribution in [-0.4, -0.2) is 27.9 Å². The largest absolute Gasteiger partial charge is 0.477 e. The number of hydrogen-bond donors (Lipinski definition) is 3.